The molecule has 0 radical (unpaired) electrons. The lowest BCUT2D eigenvalue weighted by Crippen LogP contribution is -1.94. The van der Waals surface area contributed by atoms with Gasteiger partial charge in [-0.05, 0) is 25.5 Å². The van der Waals surface area contributed by atoms with Gasteiger partial charge < -0.3 is 19.6 Å². The third kappa shape index (κ3) is 1.99. The summed E-state index contributed by atoms with van der Waals surface area (Å²) >= 11 is 0. The number of anilines is 1. The van der Waals surface area contributed by atoms with Crippen LogP contribution >= 0.6 is 0 Å². The number of oxazole rings is 1. The molecule has 0 amide bonds. The van der Waals surface area contributed by atoms with Crippen molar-refractivity contribution in [3.63, 3.8) is 0 Å². The van der Waals surface area contributed by atoms with Crippen molar-refractivity contribution in [3.05, 3.63) is 23.4 Å². The molecule has 0 aliphatic rings. The second kappa shape index (κ2) is 4.60. The third-order valence-corrected chi connectivity index (χ3v) is 2.77. The highest BCUT2D eigenvalue weighted by Gasteiger charge is 2.18. The zero-order valence-electron chi connectivity index (χ0n) is 10.9. The molecule has 1 heterocycles. The minimum absolute atomic E-state index is 0.153. The van der Waals surface area contributed by atoms with Crippen LogP contribution in [0.3, 0.4) is 0 Å². The van der Waals surface area contributed by atoms with Crippen LogP contribution in [0.5, 0.6) is 11.5 Å². The van der Waals surface area contributed by atoms with Gasteiger partial charge in [-0.15, -0.1) is 0 Å². The molecule has 5 nitrogen and oxygen atoms in total. The van der Waals surface area contributed by atoms with Crippen LogP contribution in [0, 0.1) is 13.8 Å². The largest absolute Gasteiger partial charge is 0.497 e. The van der Waals surface area contributed by atoms with E-state index in [0.717, 1.165) is 22.6 Å². The van der Waals surface area contributed by atoms with E-state index in [2.05, 4.69) is 4.98 Å². The average Bonchev–Trinajstić information content (AvgIpc) is 2.67. The molecule has 96 valence electrons. The maximum absolute atomic E-state index is 5.57. The molecule has 5 heteroatoms. The first-order chi connectivity index (χ1) is 8.56. The van der Waals surface area contributed by atoms with Gasteiger partial charge in [0.2, 0.25) is 0 Å². The van der Waals surface area contributed by atoms with E-state index < -0.39 is 0 Å². The molecule has 0 saturated carbocycles. The summed E-state index contributed by atoms with van der Waals surface area (Å²) in [4.78, 5) is 4.07. The van der Waals surface area contributed by atoms with Crippen LogP contribution in [-0.2, 0) is 0 Å². The van der Waals surface area contributed by atoms with E-state index >= 15 is 0 Å². The standard InChI is InChI=1S/C13H16N2O3/c1-7-5-9(16-3)6-10(17-4)11(7)12-8(2)15-13(14)18-12/h5-6H,1-4H3,(H2,14,15). The van der Waals surface area contributed by atoms with Crippen LogP contribution < -0.4 is 15.2 Å². The van der Waals surface area contributed by atoms with E-state index in [1.165, 1.54) is 0 Å². The first-order valence-corrected chi connectivity index (χ1v) is 5.52. The minimum atomic E-state index is 0.153. The smallest absolute Gasteiger partial charge is 0.292 e. The number of rotatable bonds is 3. The number of aromatic nitrogens is 1. The fourth-order valence-electron chi connectivity index (χ4n) is 1.94. The summed E-state index contributed by atoms with van der Waals surface area (Å²) < 4.78 is 16.0. The number of aryl methyl sites for hydroxylation is 2. The van der Waals surface area contributed by atoms with Crippen molar-refractivity contribution in [2.24, 2.45) is 0 Å². The topological polar surface area (TPSA) is 70.5 Å². The van der Waals surface area contributed by atoms with Crippen molar-refractivity contribution in [1.82, 2.24) is 4.98 Å². The van der Waals surface area contributed by atoms with Gasteiger partial charge in [-0.2, -0.15) is 4.98 Å². The van der Waals surface area contributed by atoms with E-state index in [0.29, 0.717) is 11.5 Å². The Morgan fingerprint density at radius 1 is 1.17 bits per heavy atom. The molecule has 0 saturated heterocycles. The zero-order chi connectivity index (χ0) is 13.3. The summed E-state index contributed by atoms with van der Waals surface area (Å²) in [7, 11) is 3.22. The number of nitrogen functional groups attached to an aromatic ring is 1. The summed E-state index contributed by atoms with van der Waals surface area (Å²) in [5.41, 5.74) is 8.13. The molecule has 0 bridgehead atoms. The molecule has 0 aliphatic heterocycles. The first kappa shape index (κ1) is 12.3. The van der Waals surface area contributed by atoms with E-state index in [9.17, 15) is 0 Å². The highest BCUT2D eigenvalue weighted by molar-refractivity contribution is 5.73. The average molecular weight is 248 g/mol. The number of benzene rings is 1. The quantitative estimate of drug-likeness (QED) is 0.903. The number of hydrogen-bond donors (Lipinski definition) is 1. The lowest BCUT2D eigenvalue weighted by Gasteiger charge is -2.12. The monoisotopic (exact) mass is 248 g/mol. The summed E-state index contributed by atoms with van der Waals surface area (Å²) in [5.74, 6) is 2.04. The molecule has 1 aromatic carbocycles. The maximum Gasteiger partial charge on any atom is 0.292 e. The van der Waals surface area contributed by atoms with Crippen molar-refractivity contribution >= 4 is 6.01 Å². The number of hydrogen-bond acceptors (Lipinski definition) is 5. The molecular formula is C13H16N2O3. The number of nitrogens with zero attached hydrogens (tertiary/aromatic N) is 1. The lowest BCUT2D eigenvalue weighted by atomic mass is 10.0. The van der Waals surface area contributed by atoms with Crippen molar-refractivity contribution in [2.75, 3.05) is 20.0 Å². The molecule has 18 heavy (non-hydrogen) atoms. The van der Waals surface area contributed by atoms with Crippen molar-refractivity contribution < 1.29 is 13.9 Å². The van der Waals surface area contributed by atoms with Gasteiger partial charge in [0.1, 0.15) is 11.5 Å². The van der Waals surface area contributed by atoms with Crippen LogP contribution in [0.15, 0.2) is 16.5 Å². The molecule has 0 aliphatic carbocycles. The molecule has 2 N–H and O–H groups in total. The molecule has 0 fully saturated rings. The zero-order valence-corrected chi connectivity index (χ0v) is 10.9. The fraction of sp³-hybridized carbons (Fsp3) is 0.308. The Kier molecular flexibility index (Phi) is 3.14. The van der Waals surface area contributed by atoms with Crippen LogP contribution in [0.1, 0.15) is 11.3 Å². The predicted octanol–water partition coefficient (Wildman–Crippen LogP) is 2.56. The summed E-state index contributed by atoms with van der Waals surface area (Å²) in [5, 5.41) is 0. The molecule has 0 unspecified atom stereocenters. The first-order valence-electron chi connectivity index (χ1n) is 5.52. The molecule has 1 aromatic heterocycles. The summed E-state index contributed by atoms with van der Waals surface area (Å²) in [6, 6.07) is 3.87. The van der Waals surface area contributed by atoms with Crippen LogP contribution in [0.4, 0.5) is 6.01 Å². The van der Waals surface area contributed by atoms with Gasteiger partial charge in [0.05, 0.1) is 25.5 Å². The molecule has 2 aromatic rings. The Bertz CT molecular complexity index is 576. The number of methoxy groups -OCH3 is 2. The van der Waals surface area contributed by atoms with Gasteiger partial charge in [-0.25, -0.2) is 0 Å². The van der Waals surface area contributed by atoms with Crippen LogP contribution in [0.2, 0.25) is 0 Å². The van der Waals surface area contributed by atoms with Crippen molar-refractivity contribution in [3.8, 4) is 22.8 Å². The van der Waals surface area contributed by atoms with Gasteiger partial charge in [0.15, 0.2) is 5.76 Å². The van der Waals surface area contributed by atoms with E-state index in [1.54, 1.807) is 20.3 Å². The van der Waals surface area contributed by atoms with Crippen LogP contribution in [0.25, 0.3) is 11.3 Å². The van der Waals surface area contributed by atoms with Gasteiger partial charge in [0.25, 0.3) is 6.01 Å². The SMILES string of the molecule is COc1cc(C)c(-c2oc(N)nc2C)c(OC)c1. The van der Waals surface area contributed by atoms with Crippen LogP contribution in [-0.4, -0.2) is 19.2 Å². The normalized spacial score (nSPS) is 10.4. The number of nitrogens with two attached hydrogens (primary N) is 1. The highest BCUT2D eigenvalue weighted by Crippen LogP contribution is 2.38. The molecule has 0 spiro atoms. The van der Waals surface area contributed by atoms with E-state index in [4.69, 9.17) is 19.6 Å². The van der Waals surface area contributed by atoms with Gasteiger partial charge in [-0.1, -0.05) is 0 Å². The van der Waals surface area contributed by atoms with Gasteiger partial charge >= 0.3 is 0 Å². The van der Waals surface area contributed by atoms with E-state index in [1.807, 2.05) is 19.9 Å². The van der Waals surface area contributed by atoms with Crippen molar-refractivity contribution in [1.29, 1.82) is 0 Å². The maximum atomic E-state index is 5.57. The second-order valence-electron chi connectivity index (χ2n) is 3.99. The van der Waals surface area contributed by atoms with Crippen molar-refractivity contribution in [2.45, 2.75) is 13.8 Å². The fourth-order valence-corrected chi connectivity index (χ4v) is 1.94. The summed E-state index contributed by atoms with van der Waals surface area (Å²) in [6.07, 6.45) is 0. The minimum Gasteiger partial charge on any atom is -0.497 e. The Balaban J connectivity index is 2.66. The third-order valence-electron chi connectivity index (χ3n) is 2.77. The molecule has 0 atom stereocenters. The number of ether oxygens (including phenoxy) is 2. The van der Waals surface area contributed by atoms with Gasteiger partial charge in [-0.3, -0.25) is 0 Å². The molecular weight excluding hydrogens is 232 g/mol. The Labute approximate surface area is 106 Å². The lowest BCUT2D eigenvalue weighted by molar-refractivity contribution is 0.394. The predicted molar refractivity (Wildman–Crippen MR) is 68.9 cm³/mol. The van der Waals surface area contributed by atoms with Gasteiger partial charge in [0, 0.05) is 6.07 Å². The summed E-state index contributed by atoms with van der Waals surface area (Å²) in [6.45, 7) is 3.80. The highest BCUT2D eigenvalue weighted by atomic mass is 16.5. The molecule has 2 rings (SSSR count). The Hall–Kier alpha value is -2.17. The van der Waals surface area contributed by atoms with E-state index in [-0.39, 0.29) is 6.01 Å². The second-order valence-corrected chi connectivity index (χ2v) is 3.99. The Morgan fingerprint density at radius 2 is 1.89 bits per heavy atom. The Morgan fingerprint density at radius 3 is 2.39 bits per heavy atom.